The van der Waals surface area contributed by atoms with Gasteiger partial charge in [-0.25, -0.2) is 4.99 Å². The SMILES string of the molecule is Cc1csc(Cl)c1N=C1NSc2ccccc2N1. The van der Waals surface area contributed by atoms with E-state index in [9.17, 15) is 0 Å². The highest BCUT2D eigenvalue weighted by molar-refractivity contribution is 7.98. The van der Waals surface area contributed by atoms with E-state index in [1.807, 2.05) is 30.5 Å². The minimum absolute atomic E-state index is 0.710. The Morgan fingerprint density at radius 3 is 2.89 bits per heavy atom. The van der Waals surface area contributed by atoms with Crippen LogP contribution in [-0.4, -0.2) is 5.96 Å². The fraction of sp³-hybridized carbons (Fsp3) is 0.0833. The molecule has 0 bridgehead atoms. The quantitative estimate of drug-likeness (QED) is 0.765. The second-order valence-electron chi connectivity index (χ2n) is 3.83. The van der Waals surface area contributed by atoms with Crippen LogP contribution in [-0.2, 0) is 0 Å². The van der Waals surface area contributed by atoms with Crippen molar-refractivity contribution in [3.63, 3.8) is 0 Å². The molecule has 1 aromatic carbocycles. The van der Waals surface area contributed by atoms with Gasteiger partial charge in [-0.2, -0.15) is 0 Å². The summed E-state index contributed by atoms with van der Waals surface area (Å²) in [5.41, 5.74) is 2.98. The number of para-hydroxylation sites is 1. The molecule has 1 aliphatic rings. The Kier molecular flexibility index (Phi) is 3.20. The maximum absolute atomic E-state index is 6.11. The molecule has 6 heteroatoms. The smallest absolute Gasteiger partial charge is 0.211 e. The maximum atomic E-state index is 6.11. The summed E-state index contributed by atoms with van der Waals surface area (Å²) in [6.07, 6.45) is 0. The van der Waals surface area contributed by atoms with Crippen molar-refractivity contribution in [1.82, 2.24) is 4.72 Å². The molecular weight excluding hydrogens is 286 g/mol. The van der Waals surface area contributed by atoms with Crippen molar-refractivity contribution in [2.75, 3.05) is 5.32 Å². The van der Waals surface area contributed by atoms with Gasteiger partial charge >= 0.3 is 0 Å². The summed E-state index contributed by atoms with van der Waals surface area (Å²) in [6.45, 7) is 2.01. The van der Waals surface area contributed by atoms with Crippen molar-refractivity contribution in [1.29, 1.82) is 0 Å². The Balaban J connectivity index is 1.93. The van der Waals surface area contributed by atoms with E-state index < -0.39 is 0 Å². The van der Waals surface area contributed by atoms with Gasteiger partial charge in [0.1, 0.15) is 4.34 Å². The van der Waals surface area contributed by atoms with Crippen LogP contribution >= 0.6 is 34.9 Å². The number of aliphatic imine (C=N–C) groups is 1. The molecule has 0 saturated carbocycles. The van der Waals surface area contributed by atoms with Crippen molar-refractivity contribution in [2.24, 2.45) is 4.99 Å². The van der Waals surface area contributed by atoms with E-state index in [1.54, 1.807) is 11.9 Å². The first-order valence-corrected chi connectivity index (χ1v) is 7.42. The lowest BCUT2D eigenvalue weighted by molar-refractivity contribution is 1.30. The van der Waals surface area contributed by atoms with Crippen molar-refractivity contribution < 1.29 is 0 Å². The molecule has 3 rings (SSSR count). The number of nitrogens with one attached hydrogen (secondary N) is 2. The van der Waals surface area contributed by atoms with Gasteiger partial charge in [-0.05, 0) is 41.9 Å². The van der Waals surface area contributed by atoms with E-state index in [1.165, 1.54) is 11.3 Å². The summed E-state index contributed by atoms with van der Waals surface area (Å²) in [4.78, 5) is 5.69. The largest absolute Gasteiger partial charge is 0.324 e. The molecule has 2 N–H and O–H groups in total. The monoisotopic (exact) mass is 295 g/mol. The minimum atomic E-state index is 0.710. The number of fused-ring (bicyclic) bond motifs is 1. The van der Waals surface area contributed by atoms with E-state index in [4.69, 9.17) is 11.6 Å². The van der Waals surface area contributed by atoms with Gasteiger partial charge in [0, 0.05) is 0 Å². The summed E-state index contributed by atoms with van der Waals surface area (Å²) in [5.74, 6) is 0.710. The van der Waals surface area contributed by atoms with Gasteiger partial charge in [0.05, 0.1) is 16.3 Å². The van der Waals surface area contributed by atoms with Gasteiger partial charge in [0.15, 0.2) is 0 Å². The van der Waals surface area contributed by atoms with Crippen LogP contribution in [0.3, 0.4) is 0 Å². The molecule has 0 spiro atoms. The Hall–Kier alpha value is -1.17. The van der Waals surface area contributed by atoms with Crippen molar-refractivity contribution >= 4 is 52.2 Å². The van der Waals surface area contributed by atoms with Gasteiger partial charge in [-0.3, -0.25) is 4.72 Å². The molecule has 1 aromatic heterocycles. The summed E-state index contributed by atoms with van der Waals surface area (Å²) in [7, 11) is 0. The number of benzene rings is 1. The van der Waals surface area contributed by atoms with Gasteiger partial charge < -0.3 is 5.32 Å². The number of rotatable bonds is 1. The highest BCUT2D eigenvalue weighted by Gasteiger charge is 2.14. The molecule has 0 saturated heterocycles. The lowest BCUT2D eigenvalue weighted by Gasteiger charge is -2.19. The summed E-state index contributed by atoms with van der Waals surface area (Å²) >= 11 is 9.16. The molecule has 0 unspecified atom stereocenters. The van der Waals surface area contributed by atoms with Crippen LogP contribution in [0.1, 0.15) is 5.56 Å². The number of hydrogen-bond acceptors (Lipinski definition) is 3. The first-order chi connectivity index (χ1) is 8.74. The number of anilines is 1. The highest BCUT2D eigenvalue weighted by Crippen LogP contribution is 2.36. The van der Waals surface area contributed by atoms with E-state index in [0.29, 0.717) is 10.3 Å². The molecule has 0 aliphatic carbocycles. The van der Waals surface area contributed by atoms with Crippen LogP contribution < -0.4 is 10.0 Å². The molecule has 0 fully saturated rings. The second-order valence-corrected chi connectivity index (χ2v) is 6.16. The Labute approximate surface area is 118 Å². The van der Waals surface area contributed by atoms with Crippen LogP contribution in [0.25, 0.3) is 0 Å². The Morgan fingerprint density at radius 2 is 2.11 bits per heavy atom. The standard InChI is InChI=1S/C12H10ClN3S2/c1-7-6-17-11(13)10(7)15-12-14-8-4-2-3-5-9(8)18-16-12/h2-6H,1H3,(H2,14,15,16). The molecule has 0 amide bonds. The zero-order chi connectivity index (χ0) is 12.5. The normalized spacial score (nSPS) is 16.0. The first-order valence-electron chi connectivity index (χ1n) is 5.35. The summed E-state index contributed by atoms with van der Waals surface area (Å²) in [6, 6.07) is 8.09. The van der Waals surface area contributed by atoms with Crippen molar-refractivity contribution in [3.8, 4) is 0 Å². The van der Waals surface area contributed by atoms with Gasteiger partial charge in [-0.15, -0.1) is 11.3 Å². The minimum Gasteiger partial charge on any atom is -0.324 e. The van der Waals surface area contributed by atoms with Crippen molar-refractivity contribution in [3.05, 3.63) is 39.5 Å². The molecule has 2 heterocycles. The number of nitrogens with zero attached hydrogens (tertiary/aromatic N) is 1. The van der Waals surface area contributed by atoms with Gasteiger partial charge in [0.25, 0.3) is 0 Å². The topological polar surface area (TPSA) is 36.4 Å². The molecule has 0 atom stereocenters. The van der Waals surface area contributed by atoms with E-state index in [0.717, 1.165) is 21.8 Å². The second kappa shape index (κ2) is 4.84. The third-order valence-electron chi connectivity index (χ3n) is 2.52. The lowest BCUT2D eigenvalue weighted by Crippen LogP contribution is -2.28. The third kappa shape index (κ3) is 2.21. The molecule has 3 nitrogen and oxygen atoms in total. The average Bonchev–Trinajstić information content (AvgIpc) is 2.70. The fourth-order valence-corrected chi connectivity index (χ4v) is 3.33. The molecule has 92 valence electrons. The number of hydrogen-bond donors (Lipinski definition) is 2. The number of guanidine groups is 1. The zero-order valence-corrected chi connectivity index (χ0v) is 11.9. The van der Waals surface area contributed by atoms with Crippen LogP contribution in [0.15, 0.2) is 39.5 Å². The molecule has 18 heavy (non-hydrogen) atoms. The molecule has 1 aliphatic heterocycles. The zero-order valence-electron chi connectivity index (χ0n) is 9.53. The predicted octanol–water partition coefficient (Wildman–Crippen LogP) is 4.42. The number of halogens is 1. The van der Waals surface area contributed by atoms with Crippen molar-refractivity contribution in [2.45, 2.75) is 11.8 Å². The maximum Gasteiger partial charge on any atom is 0.211 e. The highest BCUT2D eigenvalue weighted by atomic mass is 35.5. The van der Waals surface area contributed by atoms with Gasteiger partial charge in [-0.1, -0.05) is 23.7 Å². The summed E-state index contributed by atoms with van der Waals surface area (Å²) in [5, 5.41) is 5.26. The number of thiophene rings is 1. The van der Waals surface area contributed by atoms with Crippen LogP contribution in [0.4, 0.5) is 11.4 Å². The van der Waals surface area contributed by atoms with Crippen LogP contribution in [0.2, 0.25) is 4.34 Å². The third-order valence-corrected chi connectivity index (χ3v) is 4.71. The lowest BCUT2D eigenvalue weighted by atomic mass is 10.3. The van der Waals surface area contributed by atoms with E-state index in [2.05, 4.69) is 21.1 Å². The first kappa shape index (κ1) is 11.9. The molecular formula is C12H10ClN3S2. The molecule has 2 aromatic rings. The summed E-state index contributed by atoms with van der Waals surface area (Å²) < 4.78 is 3.88. The fourth-order valence-electron chi connectivity index (χ4n) is 1.62. The van der Waals surface area contributed by atoms with Crippen LogP contribution in [0.5, 0.6) is 0 Å². The number of aryl methyl sites for hydroxylation is 1. The van der Waals surface area contributed by atoms with Crippen LogP contribution in [0, 0.1) is 6.92 Å². The Bertz CT molecular complexity index is 602. The van der Waals surface area contributed by atoms with E-state index >= 15 is 0 Å². The van der Waals surface area contributed by atoms with E-state index in [-0.39, 0.29) is 0 Å². The van der Waals surface area contributed by atoms with Gasteiger partial charge in [0.2, 0.25) is 5.96 Å². The molecule has 0 radical (unpaired) electrons. The average molecular weight is 296 g/mol. The Morgan fingerprint density at radius 1 is 1.28 bits per heavy atom. The predicted molar refractivity (Wildman–Crippen MR) is 80.2 cm³/mol.